The SMILES string of the molecule is O[C@@H](COc1ccc(Cl)cc1)CSc1nnnn1C[C@@H]1CCCO1. The monoisotopic (exact) mass is 370 g/mol. The van der Waals surface area contributed by atoms with E-state index in [9.17, 15) is 5.11 Å². The molecule has 0 unspecified atom stereocenters. The largest absolute Gasteiger partial charge is 0.491 e. The third kappa shape index (κ3) is 5.07. The number of rotatable bonds is 8. The Kier molecular flexibility index (Phi) is 6.30. The molecular weight excluding hydrogens is 352 g/mol. The highest BCUT2D eigenvalue weighted by atomic mass is 35.5. The van der Waals surface area contributed by atoms with Gasteiger partial charge in [0.2, 0.25) is 5.16 Å². The van der Waals surface area contributed by atoms with Gasteiger partial charge in [0, 0.05) is 17.4 Å². The number of tetrazole rings is 1. The Morgan fingerprint density at radius 1 is 1.42 bits per heavy atom. The summed E-state index contributed by atoms with van der Waals surface area (Å²) in [4.78, 5) is 0. The first-order chi connectivity index (χ1) is 11.7. The number of hydrogen-bond donors (Lipinski definition) is 1. The lowest BCUT2D eigenvalue weighted by Gasteiger charge is -2.13. The van der Waals surface area contributed by atoms with Gasteiger partial charge in [0.05, 0.1) is 18.8 Å². The van der Waals surface area contributed by atoms with Gasteiger partial charge in [-0.15, -0.1) is 5.10 Å². The van der Waals surface area contributed by atoms with E-state index in [4.69, 9.17) is 21.1 Å². The van der Waals surface area contributed by atoms with Gasteiger partial charge in [0.1, 0.15) is 12.4 Å². The molecule has 1 aromatic carbocycles. The van der Waals surface area contributed by atoms with Crippen molar-refractivity contribution >= 4 is 23.4 Å². The van der Waals surface area contributed by atoms with E-state index in [0.717, 1.165) is 19.4 Å². The van der Waals surface area contributed by atoms with Crippen LogP contribution in [0.15, 0.2) is 29.4 Å². The first kappa shape index (κ1) is 17.5. The maximum absolute atomic E-state index is 10.1. The molecule has 0 bridgehead atoms. The van der Waals surface area contributed by atoms with Crippen LogP contribution in [0.1, 0.15) is 12.8 Å². The molecule has 9 heteroatoms. The molecule has 2 atom stereocenters. The van der Waals surface area contributed by atoms with E-state index in [1.807, 2.05) is 0 Å². The Bertz CT molecular complexity index is 634. The van der Waals surface area contributed by atoms with Crippen molar-refractivity contribution in [2.24, 2.45) is 0 Å². The van der Waals surface area contributed by atoms with Crippen LogP contribution in [0.25, 0.3) is 0 Å². The second kappa shape index (κ2) is 8.66. The molecule has 130 valence electrons. The molecule has 1 saturated heterocycles. The van der Waals surface area contributed by atoms with Gasteiger partial charge in [-0.25, -0.2) is 4.68 Å². The van der Waals surface area contributed by atoms with Crippen molar-refractivity contribution in [1.82, 2.24) is 20.2 Å². The summed E-state index contributed by atoms with van der Waals surface area (Å²) < 4.78 is 12.9. The van der Waals surface area contributed by atoms with Crippen molar-refractivity contribution < 1.29 is 14.6 Å². The van der Waals surface area contributed by atoms with Crippen LogP contribution < -0.4 is 4.74 Å². The number of hydrogen-bond acceptors (Lipinski definition) is 7. The van der Waals surface area contributed by atoms with Crippen LogP contribution in [0, 0.1) is 0 Å². The fraction of sp³-hybridized carbons (Fsp3) is 0.533. The summed E-state index contributed by atoms with van der Waals surface area (Å²) in [5, 5.41) is 23.1. The first-order valence-corrected chi connectivity index (χ1v) is 9.14. The summed E-state index contributed by atoms with van der Waals surface area (Å²) in [6.07, 6.45) is 1.65. The Morgan fingerprint density at radius 2 is 2.25 bits per heavy atom. The number of nitrogens with zero attached hydrogens (tertiary/aromatic N) is 4. The summed E-state index contributed by atoms with van der Waals surface area (Å²) in [6.45, 7) is 1.64. The maximum Gasteiger partial charge on any atom is 0.209 e. The van der Waals surface area contributed by atoms with Gasteiger partial charge in [0.25, 0.3) is 0 Å². The molecule has 0 amide bonds. The molecule has 1 fully saturated rings. The van der Waals surface area contributed by atoms with Crippen molar-refractivity contribution in [1.29, 1.82) is 0 Å². The highest BCUT2D eigenvalue weighted by Crippen LogP contribution is 2.20. The number of aromatic nitrogens is 4. The van der Waals surface area contributed by atoms with Crippen LogP contribution >= 0.6 is 23.4 Å². The molecule has 1 aromatic heterocycles. The third-order valence-corrected chi connectivity index (χ3v) is 4.91. The number of aliphatic hydroxyl groups excluding tert-OH is 1. The number of ether oxygens (including phenoxy) is 2. The van der Waals surface area contributed by atoms with Gasteiger partial charge in [-0.3, -0.25) is 0 Å². The standard InChI is InChI=1S/C15H19ClN4O3S/c16-11-3-5-13(6-4-11)23-9-12(21)10-24-15-17-18-19-20(15)8-14-2-1-7-22-14/h3-6,12,14,21H,1-2,7-10H2/t12-,14-/m0/s1. The van der Waals surface area contributed by atoms with E-state index in [2.05, 4.69) is 15.5 Å². The predicted molar refractivity (Wildman–Crippen MR) is 90.5 cm³/mol. The minimum absolute atomic E-state index is 0.172. The normalized spacial score (nSPS) is 18.7. The number of aliphatic hydroxyl groups is 1. The fourth-order valence-electron chi connectivity index (χ4n) is 2.34. The minimum Gasteiger partial charge on any atom is -0.491 e. The van der Waals surface area contributed by atoms with Crippen LogP contribution in [0.5, 0.6) is 5.75 Å². The van der Waals surface area contributed by atoms with E-state index in [-0.39, 0.29) is 12.7 Å². The maximum atomic E-state index is 10.1. The van der Waals surface area contributed by atoms with Gasteiger partial charge in [-0.05, 0) is 47.5 Å². The molecule has 0 aliphatic carbocycles. The average Bonchev–Trinajstić information content (AvgIpc) is 3.25. The van der Waals surface area contributed by atoms with Crippen LogP contribution in [-0.2, 0) is 11.3 Å². The predicted octanol–water partition coefficient (Wildman–Crippen LogP) is 2.04. The van der Waals surface area contributed by atoms with Crippen LogP contribution in [-0.4, -0.2) is 56.5 Å². The molecule has 7 nitrogen and oxygen atoms in total. The number of halogens is 1. The lowest BCUT2D eigenvalue weighted by molar-refractivity contribution is 0.0911. The second-order valence-corrected chi connectivity index (χ2v) is 6.93. The number of benzene rings is 1. The Labute approximate surface area is 149 Å². The van der Waals surface area contributed by atoms with E-state index < -0.39 is 6.10 Å². The van der Waals surface area contributed by atoms with E-state index in [1.54, 1.807) is 28.9 Å². The third-order valence-electron chi connectivity index (χ3n) is 3.56. The molecule has 3 rings (SSSR count). The lowest BCUT2D eigenvalue weighted by atomic mass is 10.2. The highest BCUT2D eigenvalue weighted by Gasteiger charge is 2.19. The van der Waals surface area contributed by atoms with Gasteiger partial charge in [-0.2, -0.15) is 0 Å². The molecule has 2 heterocycles. The van der Waals surface area contributed by atoms with Crippen molar-refractivity contribution in [2.45, 2.75) is 36.8 Å². The fourth-order valence-corrected chi connectivity index (χ4v) is 3.26. The molecule has 1 N–H and O–H groups in total. The van der Waals surface area contributed by atoms with Gasteiger partial charge >= 0.3 is 0 Å². The molecule has 2 aromatic rings. The van der Waals surface area contributed by atoms with Crippen LogP contribution in [0.4, 0.5) is 0 Å². The zero-order valence-corrected chi connectivity index (χ0v) is 14.6. The lowest BCUT2D eigenvalue weighted by Crippen LogP contribution is -2.21. The topological polar surface area (TPSA) is 82.3 Å². The Morgan fingerprint density at radius 3 is 3.00 bits per heavy atom. The van der Waals surface area contributed by atoms with Crippen molar-refractivity contribution in [3.8, 4) is 5.75 Å². The molecule has 0 saturated carbocycles. The Balaban J connectivity index is 1.43. The molecule has 24 heavy (non-hydrogen) atoms. The summed E-state index contributed by atoms with van der Waals surface area (Å²) in [7, 11) is 0. The van der Waals surface area contributed by atoms with Crippen LogP contribution in [0.2, 0.25) is 5.02 Å². The zero-order chi connectivity index (χ0) is 16.8. The van der Waals surface area contributed by atoms with Gasteiger partial charge in [0.15, 0.2) is 0 Å². The molecule has 0 radical (unpaired) electrons. The van der Waals surface area contributed by atoms with Gasteiger partial charge < -0.3 is 14.6 Å². The average molecular weight is 371 g/mol. The van der Waals surface area contributed by atoms with Gasteiger partial charge in [-0.1, -0.05) is 23.4 Å². The molecule has 1 aliphatic rings. The smallest absolute Gasteiger partial charge is 0.209 e. The van der Waals surface area contributed by atoms with E-state index >= 15 is 0 Å². The molecule has 0 spiro atoms. The van der Waals surface area contributed by atoms with E-state index in [0.29, 0.717) is 28.2 Å². The summed E-state index contributed by atoms with van der Waals surface area (Å²) in [5.41, 5.74) is 0. The van der Waals surface area contributed by atoms with Crippen LogP contribution in [0.3, 0.4) is 0 Å². The zero-order valence-electron chi connectivity index (χ0n) is 13.0. The van der Waals surface area contributed by atoms with Crippen molar-refractivity contribution in [3.63, 3.8) is 0 Å². The quantitative estimate of drug-likeness (QED) is 0.712. The first-order valence-electron chi connectivity index (χ1n) is 7.77. The Hall–Kier alpha value is -1.35. The second-order valence-electron chi connectivity index (χ2n) is 5.51. The number of thioether (sulfide) groups is 1. The summed E-state index contributed by atoms with van der Waals surface area (Å²) in [6, 6.07) is 7.03. The summed E-state index contributed by atoms with van der Waals surface area (Å²) >= 11 is 7.22. The van der Waals surface area contributed by atoms with Crippen molar-refractivity contribution in [2.75, 3.05) is 19.0 Å². The minimum atomic E-state index is -0.626. The highest BCUT2D eigenvalue weighted by molar-refractivity contribution is 7.99. The van der Waals surface area contributed by atoms with E-state index in [1.165, 1.54) is 11.8 Å². The summed E-state index contributed by atoms with van der Waals surface area (Å²) in [5.74, 6) is 1.12. The molecule has 1 aliphatic heterocycles. The van der Waals surface area contributed by atoms with Crippen molar-refractivity contribution in [3.05, 3.63) is 29.3 Å². The molecular formula is C15H19ClN4O3S.